The van der Waals surface area contributed by atoms with Crippen LogP contribution in [0.5, 0.6) is 0 Å². The van der Waals surface area contributed by atoms with Gasteiger partial charge in [-0.05, 0) is 12.1 Å². The van der Waals surface area contributed by atoms with Crippen molar-refractivity contribution >= 4 is 17.5 Å². The first-order valence-electron chi connectivity index (χ1n) is 5.69. The summed E-state index contributed by atoms with van der Waals surface area (Å²) < 4.78 is 38.5. The number of para-hydroxylation sites is 1. The number of amides is 2. The van der Waals surface area contributed by atoms with Crippen molar-refractivity contribution in [1.82, 2.24) is 9.78 Å². The fourth-order valence-corrected chi connectivity index (χ4v) is 1.50. The van der Waals surface area contributed by atoms with Gasteiger partial charge in [0.25, 0.3) is 6.43 Å². The molecule has 5 nitrogen and oxygen atoms in total. The second-order valence-corrected chi connectivity index (χ2v) is 3.87. The molecule has 106 valence electrons. The van der Waals surface area contributed by atoms with Crippen LogP contribution in [-0.2, 0) is 6.54 Å². The molecule has 0 bridgehead atoms. The van der Waals surface area contributed by atoms with E-state index >= 15 is 0 Å². The number of benzene rings is 1. The van der Waals surface area contributed by atoms with E-state index in [9.17, 15) is 18.0 Å². The maximum atomic E-state index is 13.3. The lowest BCUT2D eigenvalue weighted by atomic mass is 10.3. The predicted molar refractivity (Wildman–Crippen MR) is 67.3 cm³/mol. The third kappa shape index (κ3) is 3.74. The van der Waals surface area contributed by atoms with Gasteiger partial charge in [-0.15, -0.1) is 0 Å². The van der Waals surface area contributed by atoms with Crippen molar-refractivity contribution in [3.8, 4) is 0 Å². The van der Waals surface area contributed by atoms with Crippen molar-refractivity contribution in [3.05, 3.63) is 42.3 Å². The third-order valence-corrected chi connectivity index (χ3v) is 2.33. The van der Waals surface area contributed by atoms with E-state index in [1.807, 2.05) is 0 Å². The highest BCUT2D eigenvalue weighted by Gasteiger charge is 2.09. The van der Waals surface area contributed by atoms with Gasteiger partial charge in [0, 0.05) is 12.3 Å². The van der Waals surface area contributed by atoms with Crippen LogP contribution in [0.3, 0.4) is 0 Å². The molecule has 0 atom stereocenters. The van der Waals surface area contributed by atoms with Gasteiger partial charge in [-0.2, -0.15) is 5.10 Å². The molecule has 0 aliphatic rings. The lowest BCUT2D eigenvalue weighted by molar-refractivity contribution is 0.122. The quantitative estimate of drug-likeness (QED) is 0.907. The molecule has 0 saturated heterocycles. The van der Waals surface area contributed by atoms with Crippen LogP contribution in [0.2, 0.25) is 0 Å². The molecule has 2 N–H and O–H groups in total. The minimum atomic E-state index is -2.53. The number of hydrogen-bond donors (Lipinski definition) is 2. The van der Waals surface area contributed by atoms with Gasteiger partial charge in [0.05, 0.1) is 5.69 Å². The van der Waals surface area contributed by atoms with Crippen LogP contribution >= 0.6 is 0 Å². The summed E-state index contributed by atoms with van der Waals surface area (Å²) in [6.07, 6.45) is -1.22. The van der Waals surface area contributed by atoms with Crippen LogP contribution in [0.1, 0.15) is 0 Å². The standard InChI is InChI=1S/C12H11F3N4O/c13-8-3-1-2-4-9(8)16-12(20)17-11-5-6-19(18-11)7-10(14)15/h1-6,10H,7H2,(H2,16,17,18,20). The van der Waals surface area contributed by atoms with Crippen LogP contribution in [0, 0.1) is 5.82 Å². The summed E-state index contributed by atoms with van der Waals surface area (Å²) in [6.45, 7) is -0.559. The summed E-state index contributed by atoms with van der Waals surface area (Å²) in [5.41, 5.74) is 0.0111. The number of carbonyl (C=O) groups excluding carboxylic acids is 1. The number of nitrogens with zero attached hydrogens (tertiary/aromatic N) is 2. The number of nitrogens with one attached hydrogen (secondary N) is 2. The molecule has 0 aliphatic heterocycles. The summed E-state index contributed by atoms with van der Waals surface area (Å²) in [6, 6.07) is 6.30. The van der Waals surface area contributed by atoms with Gasteiger partial charge in [0.1, 0.15) is 12.4 Å². The Morgan fingerprint density at radius 3 is 2.70 bits per heavy atom. The number of hydrogen-bond acceptors (Lipinski definition) is 2. The lowest BCUT2D eigenvalue weighted by Crippen LogP contribution is -2.20. The van der Waals surface area contributed by atoms with Gasteiger partial charge in [0.15, 0.2) is 5.82 Å². The monoisotopic (exact) mass is 284 g/mol. The van der Waals surface area contributed by atoms with Crippen LogP contribution in [-0.4, -0.2) is 22.2 Å². The fourth-order valence-electron chi connectivity index (χ4n) is 1.50. The Bertz CT molecular complexity index is 600. The number of urea groups is 1. The summed E-state index contributed by atoms with van der Waals surface area (Å²) in [5.74, 6) is -0.481. The molecule has 2 rings (SSSR count). The minimum absolute atomic E-state index is 0.0111. The van der Waals surface area contributed by atoms with Crippen molar-refractivity contribution in [1.29, 1.82) is 0 Å². The van der Waals surface area contributed by atoms with Crippen molar-refractivity contribution in [2.75, 3.05) is 10.6 Å². The molecule has 8 heteroatoms. The summed E-state index contributed by atoms with van der Waals surface area (Å²) in [4.78, 5) is 11.6. The van der Waals surface area contributed by atoms with Crippen molar-refractivity contribution in [3.63, 3.8) is 0 Å². The zero-order valence-electron chi connectivity index (χ0n) is 10.2. The van der Waals surface area contributed by atoms with Crippen LogP contribution < -0.4 is 10.6 Å². The second-order valence-electron chi connectivity index (χ2n) is 3.87. The van der Waals surface area contributed by atoms with E-state index in [-0.39, 0.29) is 11.5 Å². The highest BCUT2D eigenvalue weighted by atomic mass is 19.3. The number of rotatable bonds is 4. The zero-order chi connectivity index (χ0) is 14.5. The highest BCUT2D eigenvalue weighted by Crippen LogP contribution is 2.13. The molecule has 0 aliphatic carbocycles. The summed E-state index contributed by atoms with van der Waals surface area (Å²) in [5, 5.41) is 8.33. The molecule has 0 unspecified atom stereocenters. The summed E-state index contributed by atoms with van der Waals surface area (Å²) in [7, 11) is 0. The zero-order valence-corrected chi connectivity index (χ0v) is 10.2. The van der Waals surface area contributed by atoms with E-state index in [1.54, 1.807) is 6.07 Å². The summed E-state index contributed by atoms with van der Waals surface area (Å²) >= 11 is 0. The Labute approximate surface area is 112 Å². The van der Waals surface area contributed by atoms with Crippen LogP contribution in [0.4, 0.5) is 29.5 Å². The number of halogens is 3. The molecule has 2 aromatic rings. The second kappa shape index (κ2) is 6.09. The van der Waals surface area contributed by atoms with Crippen molar-refractivity contribution < 1.29 is 18.0 Å². The molecule has 0 spiro atoms. The molecule has 1 aromatic carbocycles. The molecule has 0 radical (unpaired) electrons. The molecule has 1 aromatic heterocycles. The molecule has 0 fully saturated rings. The Hall–Kier alpha value is -2.51. The van der Waals surface area contributed by atoms with Crippen LogP contribution in [0.25, 0.3) is 0 Å². The molecule has 20 heavy (non-hydrogen) atoms. The number of aromatic nitrogens is 2. The van der Waals surface area contributed by atoms with Gasteiger partial charge in [-0.3, -0.25) is 10.00 Å². The van der Waals surface area contributed by atoms with E-state index in [1.165, 1.54) is 30.5 Å². The fraction of sp³-hybridized carbons (Fsp3) is 0.167. The normalized spacial score (nSPS) is 10.6. The van der Waals surface area contributed by atoms with Crippen LogP contribution in [0.15, 0.2) is 36.5 Å². The topological polar surface area (TPSA) is 59.0 Å². The first kappa shape index (κ1) is 13.9. The first-order valence-corrected chi connectivity index (χ1v) is 5.69. The minimum Gasteiger partial charge on any atom is -0.305 e. The van der Waals surface area contributed by atoms with Gasteiger partial charge < -0.3 is 5.32 Å². The van der Waals surface area contributed by atoms with E-state index < -0.39 is 24.8 Å². The Balaban J connectivity index is 1.95. The maximum Gasteiger partial charge on any atom is 0.324 e. The number of alkyl halides is 2. The van der Waals surface area contributed by atoms with E-state index in [0.29, 0.717) is 0 Å². The van der Waals surface area contributed by atoms with Gasteiger partial charge in [-0.25, -0.2) is 18.0 Å². The molecular formula is C12H11F3N4O. The SMILES string of the molecule is O=C(Nc1ccn(CC(F)F)n1)Nc1ccccc1F. The number of carbonyl (C=O) groups is 1. The van der Waals surface area contributed by atoms with E-state index in [0.717, 1.165) is 4.68 Å². The lowest BCUT2D eigenvalue weighted by Gasteiger charge is -2.06. The Kier molecular flexibility index (Phi) is 4.24. The average Bonchev–Trinajstić information content (AvgIpc) is 2.78. The van der Waals surface area contributed by atoms with Crippen molar-refractivity contribution in [2.45, 2.75) is 13.0 Å². The van der Waals surface area contributed by atoms with E-state index in [4.69, 9.17) is 0 Å². The Morgan fingerprint density at radius 2 is 2.00 bits per heavy atom. The maximum absolute atomic E-state index is 13.3. The molecule has 2 amide bonds. The smallest absolute Gasteiger partial charge is 0.305 e. The third-order valence-electron chi connectivity index (χ3n) is 2.33. The molecule has 0 saturated carbocycles. The predicted octanol–water partition coefficient (Wildman–Crippen LogP) is 2.93. The highest BCUT2D eigenvalue weighted by molar-refractivity contribution is 5.99. The van der Waals surface area contributed by atoms with Gasteiger partial charge >= 0.3 is 6.03 Å². The average molecular weight is 284 g/mol. The first-order chi connectivity index (χ1) is 9.54. The van der Waals surface area contributed by atoms with Gasteiger partial charge in [0.2, 0.25) is 0 Å². The van der Waals surface area contributed by atoms with Gasteiger partial charge in [-0.1, -0.05) is 12.1 Å². The molecule has 1 heterocycles. The Morgan fingerprint density at radius 1 is 1.25 bits per heavy atom. The van der Waals surface area contributed by atoms with Crippen molar-refractivity contribution in [2.24, 2.45) is 0 Å². The van der Waals surface area contributed by atoms with E-state index in [2.05, 4.69) is 15.7 Å². The largest absolute Gasteiger partial charge is 0.324 e. The number of anilines is 2. The molecular weight excluding hydrogens is 273 g/mol.